The van der Waals surface area contributed by atoms with E-state index in [0.717, 1.165) is 24.1 Å². The predicted octanol–water partition coefficient (Wildman–Crippen LogP) is 3.87. The number of nitriles is 1. The quantitative estimate of drug-likeness (QED) is 0.865. The van der Waals surface area contributed by atoms with Crippen molar-refractivity contribution in [3.8, 4) is 6.07 Å². The second-order valence-corrected chi connectivity index (χ2v) is 6.25. The maximum atomic E-state index is 9.68. The number of nitrogens with zero attached hydrogens (tertiary/aromatic N) is 1. The van der Waals surface area contributed by atoms with Crippen LogP contribution in [-0.2, 0) is 6.42 Å². The number of hydrogen-bond acceptors (Lipinski definition) is 2. The van der Waals surface area contributed by atoms with Crippen molar-refractivity contribution in [3.05, 3.63) is 82.6 Å². The Morgan fingerprint density at radius 2 is 1.68 bits per heavy atom. The van der Waals surface area contributed by atoms with Crippen LogP contribution in [0.15, 0.2) is 65.9 Å². The summed E-state index contributed by atoms with van der Waals surface area (Å²) in [6.07, 6.45) is 2.17. The van der Waals surface area contributed by atoms with Crippen molar-refractivity contribution < 1.29 is 0 Å². The maximum absolute atomic E-state index is 9.68. The number of aryl methyl sites for hydroxylation is 1. The molecule has 2 N–H and O–H groups in total. The van der Waals surface area contributed by atoms with Gasteiger partial charge < -0.3 is 5.73 Å². The third kappa shape index (κ3) is 1.79. The van der Waals surface area contributed by atoms with E-state index in [-0.39, 0.29) is 11.8 Å². The molecule has 3 atom stereocenters. The summed E-state index contributed by atoms with van der Waals surface area (Å²) in [6.45, 7) is 0. The van der Waals surface area contributed by atoms with Gasteiger partial charge >= 0.3 is 0 Å². The number of fused-ring (bicyclic) bond motifs is 3. The van der Waals surface area contributed by atoms with E-state index in [9.17, 15) is 5.26 Å². The molecule has 0 saturated carbocycles. The van der Waals surface area contributed by atoms with Crippen LogP contribution in [0.4, 0.5) is 0 Å². The van der Waals surface area contributed by atoms with Gasteiger partial charge in [-0.25, -0.2) is 0 Å². The highest BCUT2D eigenvalue weighted by molar-refractivity contribution is 5.52. The molecule has 2 aliphatic carbocycles. The van der Waals surface area contributed by atoms with Crippen molar-refractivity contribution in [3.63, 3.8) is 0 Å². The first-order chi connectivity index (χ1) is 10.8. The normalized spacial score (nSPS) is 26.2. The van der Waals surface area contributed by atoms with Gasteiger partial charge in [0.15, 0.2) is 0 Å². The summed E-state index contributed by atoms with van der Waals surface area (Å²) in [7, 11) is 0. The van der Waals surface area contributed by atoms with Gasteiger partial charge in [0, 0.05) is 17.5 Å². The van der Waals surface area contributed by atoms with Gasteiger partial charge in [-0.3, -0.25) is 0 Å². The molecule has 2 nitrogen and oxygen atoms in total. The van der Waals surface area contributed by atoms with Crippen LogP contribution in [0.1, 0.15) is 34.9 Å². The Balaban J connectivity index is 1.87. The first-order valence-electron chi connectivity index (χ1n) is 7.83. The van der Waals surface area contributed by atoms with E-state index in [1.165, 1.54) is 16.7 Å². The summed E-state index contributed by atoms with van der Waals surface area (Å²) < 4.78 is 0. The monoisotopic (exact) mass is 286 g/mol. The second-order valence-electron chi connectivity index (χ2n) is 6.25. The second kappa shape index (κ2) is 5.03. The van der Waals surface area contributed by atoms with Crippen molar-refractivity contribution in [2.75, 3.05) is 0 Å². The number of nitrogens with two attached hydrogens (primary N) is 1. The van der Waals surface area contributed by atoms with Gasteiger partial charge in [0.05, 0.1) is 11.6 Å². The zero-order valence-corrected chi connectivity index (χ0v) is 12.4. The van der Waals surface area contributed by atoms with Crippen molar-refractivity contribution in [1.82, 2.24) is 0 Å². The molecular weight excluding hydrogens is 268 g/mol. The van der Waals surface area contributed by atoms with Crippen LogP contribution in [0.2, 0.25) is 0 Å². The molecule has 0 amide bonds. The minimum absolute atomic E-state index is 0.143. The fraction of sp³-hybridized carbons (Fsp3) is 0.250. The molecule has 0 spiro atoms. The average molecular weight is 286 g/mol. The van der Waals surface area contributed by atoms with Crippen molar-refractivity contribution in [2.24, 2.45) is 11.7 Å². The van der Waals surface area contributed by atoms with Crippen molar-refractivity contribution >= 4 is 0 Å². The van der Waals surface area contributed by atoms with Gasteiger partial charge in [-0.1, -0.05) is 54.6 Å². The molecule has 0 fully saturated rings. The standard InChI is InChI=1S/C20H18N2/c21-12-17-18(14-7-2-1-3-8-14)16-11-10-13-6-4-5-9-15(13)19(16)20(17)22/h1-9,16,18-19H,10-11,22H2. The molecule has 0 radical (unpaired) electrons. The molecule has 0 bridgehead atoms. The number of benzene rings is 2. The van der Waals surface area contributed by atoms with Gasteiger partial charge in [0.1, 0.15) is 0 Å². The van der Waals surface area contributed by atoms with Crippen LogP contribution in [0.3, 0.4) is 0 Å². The maximum Gasteiger partial charge on any atom is 0.0972 e. The third-order valence-corrected chi connectivity index (χ3v) is 5.23. The Morgan fingerprint density at radius 3 is 2.45 bits per heavy atom. The van der Waals surface area contributed by atoms with E-state index in [1.54, 1.807) is 0 Å². The first kappa shape index (κ1) is 13.2. The zero-order valence-electron chi connectivity index (χ0n) is 12.4. The molecule has 2 aromatic carbocycles. The summed E-state index contributed by atoms with van der Waals surface area (Å²) in [6, 6.07) is 21.3. The molecule has 0 aromatic heterocycles. The molecule has 2 aromatic rings. The Kier molecular flexibility index (Phi) is 3.01. The van der Waals surface area contributed by atoms with Gasteiger partial charge in [0.2, 0.25) is 0 Å². The van der Waals surface area contributed by atoms with Crippen LogP contribution in [0.25, 0.3) is 0 Å². The lowest BCUT2D eigenvalue weighted by atomic mass is 9.71. The highest BCUT2D eigenvalue weighted by Gasteiger charge is 2.45. The fourth-order valence-electron chi connectivity index (χ4n) is 4.31. The molecule has 0 aliphatic heterocycles. The predicted molar refractivity (Wildman–Crippen MR) is 87.0 cm³/mol. The molecule has 0 saturated heterocycles. The lowest BCUT2D eigenvalue weighted by Gasteiger charge is -2.32. The molecule has 108 valence electrons. The molecule has 0 heterocycles. The lowest BCUT2D eigenvalue weighted by molar-refractivity contribution is 0.395. The number of hydrogen-bond donors (Lipinski definition) is 1. The third-order valence-electron chi connectivity index (χ3n) is 5.23. The highest BCUT2D eigenvalue weighted by atomic mass is 14.7. The van der Waals surface area contributed by atoms with Gasteiger partial charge in [-0.05, 0) is 35.4 Å². The van der Waals surface area contributed by atoms with E-state index in [0.29, 0.717) is 5.92 Å². The van der Waals surface area contributed by atoms with Crippen LogP contribution in [0, 0.1) is 17.2 Å². The largest absolute Gasteiger partial charge is 0.401 e. The molecule has 2 heteroatoms. The Labute approximate surface area is 130 Å². The van der Waals surface area contributed by atoms with Gasteiger partial charge in [-0.2, -0.15) is 5.26 Å². The number of allylic oxidation sites excluding steroid dienone is 2. The van der Waals surface area contributed by atoms with E-state index in [4.69, 9.17) is 5.73 Å². The molecular formula is C20H18N2. The van der Waals surface area contributed by atoms with Crippen molar-refractivity contribution in [2.45, 2.75) is 24.7 Å². The number of rotatable bonds is 1. The topological polar surface area (TPSA) is 49.8 Å². The molecule has 3 unspecified atom stereocenters. The Morgan fingerprint density at radius 1 is 0.955 bits per heavy atom. The summed E-state index contributed by atoms with van der Waals surface area (Å²) >= 11 is 0. The first-order valence-corrected chi connectivity index (χ1v) is 7.83. The minimum Gasteiger partial charge on any atom is -0.401 e. The molecule has 22 heavy (non-hydrogen) atoms. The van der Waals surface area contributed by atoms with E-state index < -0.39 is 0 Å². The SMILES string of the molecule is N#CC1=C(N)C2c3ccccc3CCC2C1c1ccccc1. The molecule has 4 rings (SSSR count). The van der Waals surface area contributed by atoms with Crippen LogP contribution >= 0.6 is 0 Å². The minimum atomic E-state index is 0.143. The van der Waals surface area contributed by atoms with E-state index in [1.807, 2.05) is 18.2 Å². The smallest absolute Gasteiger partial charge is 0.0972 e. The van der Waals surface area contributed by atoms with E-state index in [2.05, 4.69) is 42.5 Å². The van der Waals surface area contributed by atoms with Crippen molar-refractivity contribution in [1.29, 1.82) is 5.26 Å². The zero-order chi connectivity index (χ0) is 15.1. The van der Waals surface area contributed by atoms with Gasteiger partial charge in [0.25, 0.3) is 0 Å². The van der Waals surface area contributed by atoms with Crippen LogP contribution < -0.4 is 5.73 Å². The average Bonchev–Trinajstić information content (AvgIpc) is 2.88. The van der Waals surface area contributed by atoms with E-state index >= 15 is 0 Å². The summed E-state index contributed by atoms with van der Waals surface area (Å²) in [5.41, 5.74) is 11.9. The Hall–Kier alpha value is -2.53. The fourth-order valence-corrected chi connectivity index (χ4v) is 4.31. The summed E-state index contributed by atoms with van der Waals surface area (Å²) in [4.78, 5) is 0. The van der Waals surface area contributed by atoms with Gasteiger partial charge in [-0.15, -0.1) is 0 Å². The Bertz CT molecular complexity index is 783. The van der Waals surface area contributed by atoms with Crippen LogP contribution in [-0.4, -0.2) is 0 Å². The molecule has 2 aliphatic rings. The summed E-state index contributed by atoms with van der Waals surface area (Å²) in [5.74, 6) is 0.751. The highest BCUT2D eigenvalue weighted by Crippen LogP contribution is 2.54. The van der Waals surface area contributed by atoms with Crippen LogP contribution in [0.5, 0.6) is 0 Å². The summed E-state index contributed by atoms with van der Waals surface area (Å²) in [5, 5.41) is 9.68. The lowest BCUT2D eigenvalue weighted by Crippen LogP contribution is -2.23.